The van der Waals surface area contributed by atoms with Crippen LogP contribution in [0.4, 0.5) is 5.69 Å². The fourth-order valence-corrected chi connectivity index (χ4v) is 1.82. The molecule has 0 fully saturated rings. The third-order valence-electron chi connectivity index (χ3n) is 3.00. The van der Waals surface area contributed by atoms with Crippen LogP contribution >= 0.6 is 0 Å². The molecule has 0 aromatic heterocycles. The third-order valence-corrected chi connectivity index (χ3v) is 3.00. The lowest BCUT2D eigenvalue weighted by molar-refractivity contribution is -0.120. The monoisotopic (exact) mass is 300 g/mol. The van der Waals surface area contributed by atoms with E-state index < -0.39 is 0 Å². The molecule has 0 heterocycles. The van der Waals surface area contributed by atoms with Gasteiger partial charge in [-0.25, -0.2) is 0 Å². The Labute approximate surface area is 130 Å². The van der Waals surface area contributed by atoms with Crippen molar-refractivity contribution in [3.8, 4) is 11.5 Å². The number of nitrogens with one attached hydrogen (secondary N) is 2. The lowest BCUT2D eigenvalue weighted by Crippen LogP contribution is -2.29. The molecule has 0 saturated heterocycles. The molecule has 2 aromatic rings. The first kappa shape index (κ1) is 15.7. The van der Waals surface area contributed by atoms with Crippen LogP contribution in [0, 0.1) is 0 Å². The first-order chi connectivity index (χ1) is 10.8. The number of carbonyl (C=O) groups excluding carboxylic acids is 1. The summed E-state index contributed by atoms with van der Waals surface area (Å²) in [6, 6.07) is 16.8. The topological polar surface area (TPSA) is 59.6 Å². The normalized spacial score (nSPS) is 9.86. The van der Waals surface area contributed by atoms with Gasteiger partial charge in [-0.15, -0.1) is 0 Å². The highest BCUT2D eigenvalue weighted by atomic mass is 16.5. The molecule has 1 amide bonds. The zero-order valence-electron chi connectivity index (χ0n) is 12.5. The van der Waals surface area contributed by atoms with E-state index >= 15 is 0 Å². The predicted molar refractivity (Wildman–Crippen MR) is 85.9 cm³/mol. The van der Waals surface area contributed by atoms with Gasteiger partial charge in [0.1, 0.15) is 11.5 Å². The standard InChI is InChI=1S/C17H20N2O3/c1-21-15-9-11-16(12-10-15)22-13-5-8-17(20)19-18-14-6-3-2-4-7-14/h2-4,6-7,9-12,18H,5,8,13H2,1H3,(H,19,20). The van der Waals surface area contributed by atoms with Crippen LogP contribution in [0.15, 0.2) is 54.6 Å². The second-order valence-corrected chi connectivity index (χ2v) is 4.67. The van der Waals surface area contributed by atoms with Crippen LogP contribution < -0.4 is 20.3 Å². The molecule has 5 nitrogen and oxygen atoms in total. The van der Waals surface area contributed by atoms with E-state index in [1.165, 1.54) is 0 Å². The Kier molecular flexibility index (Phi) is 6.11. The van der Waals surface area contributed by atoms with Gasteiger partial charge in [0.15, 0.2) is 0 Å². The Bertz CT molecular complexity index is 570. The molecular formula is C17H20N2O3. The number of benzene rings is 2. The molecule has 0 radical (unpaired) electrons. The number of ether oxygens (including phenoxy) is 2. The molecule has 0 bridgehead atoms. The van der Waals surface area contributed by atoms with Crippen molar-refractivity contribution < 1.29 is 14.3 Å². The van der Waals surface area contributed by atoms with E-state index in [-0.39, 0.29) is 5.91 Å². The molecule has 2 N–H and O–H groups in total. The number of carbonyl (C=O) groups is 1. The van der Waals surface area contributed by atoms with E-state index in [9.17, 15) is 4.79 Å². The summed E-state index contributed by atoms with van der Waals surface area (Å²) in [4.78, 5) is 11.7. The molecule has 22 heavy (non-hydrogen) atoms. The molecule has 2 rings (SSSR count). The van der Waals surface area contributed by atoms with Crippen molar-refractivity contribution in [2.24, 2.45) is 0 Å². The maximum atomic E-state index is 11.7. The van der Waals surface area contributed by atoms with Crippen molar-refractivity contribution in [2.45, 2.75) is 12.8 Å². The Hall–Kier alpha value is -2.69. The highest BCUT2D eigenvalue weighted by Crippen LogP contribution is 2.17. The highest BCUT2D eigenvalue weighted by Gasteiger charge is 2.01. The maximum Gasteiger partial charge on any atom is 0.238 e. The molecule has 0 aliphatic rings. The SMILES string of the molecule is COc1ccc(OCCCC(=O)NNc2ccccc2)cc1. The number of rotatable bonds is 8. The molecule has 116 valence electrons. The van der Waals surface area contributed by atoms with Crippen LogP contribution in [0.25, 0.3) is 0 Å². The van der Waals surface area contributed by atoms with Crippen LogP contribution in [0.1, 0.15) is 12.8 Å². The van der Waals surface area contributed by atoms with Gasteiger partial charge in [0, 0.05) is 6.42 Å². The van der Waals surface area contributed by atoms with E-state index in [2.05, 4.69) is 10.9 Å². The Balaban J connectivity index is 1.60. The summed E-state index contributed by atoms with van der Waals surface area (Å²) >= 11 is 0. The van der Waals surface area contributed by atoms with Gasteiger partial charge in [0.05, 0.1) is 19.4 Å². The summed E-state index contributed by atoms with van der Waals surface area (Å²) in [7, 11) is 1.62. The summed E-state index contributed by atoms with van der Waals surface area (Å²) in [6.45, 7) is 0.491. The number of methoxy groups -OCH3 is 1. The summed E-state index contributed by atoms with van der Waals surface area (Å²) in [5.41, 5.74) is 6.37. The Morgan fingerprint density at radius 3 is 2.36 bits per heavy atom. The van der Waals surface area contributed by atoms with E-state index in [4.69, 9.17) is 9.47 Å². The number of hydrogen-bond acceptors (Lipinski definition) is 4. The molecule has 5 heteroatoms. The lowest BCUT2D eigenvalue weighted by Gasteiger charge is -2.09. The lowest BCUT2D eigenvalue weighted by atomic mass is 10.3. The summed E-state index contributed by atoms with van der Waals surface area (Å²) in [5, 5.41) is 0. The van der Waals surface area contributed by atoms with Crippen molar-refractivity contribution in [2.75, 3.05) is 19.1 Å². The molecule has 0 atom stereocenters. The van der Waals surface area contributed by atoms with Gasteiger partial charge in [-0.2, -0.15) is 0 Å². The van der Waals surface area contributed by atoms with Crippen molar-refractivity contribution in [3.05, 3.63) is 54.6 Å². The summed E-state index contributed by atoms with van der Waals surface area (Å²) in [5.74, 6) is 1.49. The van der Waals surface area contributed by atoms with Crippen LogP contribution in [-0.2, 0) is 4.79 Å². The van der Waals surface area contributed by atoms with Crippen LogP contribution in [-0.4, -0.2) is 19.6 Å². The van der Waals surface area contributed by atoms with Crippen molar-refractivity contribution in [1.82, 2.24) is 5.43 Å². The van der Waals surface area contributed by atoms with Crippen molar-refractivity contribution >= 4 is 11.6 Å². The summed E-state index contributed by atoms with van der Waals surface area (Å²) < 4.78 is 10.6. The largest absolute Gasteiger partial charge is 0.497 e. The third kappa shape index (κ3) is 5.36. The number of hydrazine groups is 1. The molecular weight excluding hydrogens is 280 g/mol. The molecule has 0 unspecified atom stereocenters. The van der Waals surface area contributed by atoms with E-state index in [0.717, 1.165) is 17.2 Å². The molecule has 0 spiro atoms. The van der Waals surface area contributed by atoms with Crippen molar-refractivity contribution in [1.29, 1.82) is 0 Å². The van der Waals surface area contributed by atoms with Crippen LogP contribution in [0.5, 0.6) is 11.5 Å². The minimum atomic E-state index is -0.0674. The number of amides is 1. The maximum absolute atomic E-state index is 11.7. The first-order valence-electron chi connectivity index (χ1n) is 7.14. The minimum Gasteiger partial charge on any atom is -0.497 e. The second kappa shape index (κ2) is 8.56. The van der Waals surface area contributed by atoms with Crippen LogP contribution in [0.3, 0.4) is 0 Å². The van der Waals surface area contributed by atoms with Gasteiger partial charge < -0.3 is 9.47 Å². The quantitative estimate of drug-likeness (QED) is 0.581. The first-order valence-corrected chi connectivity index (χ1v) is 7.14. The van der Waals surface area contributed by atoms with Crippen LogP contribution in [0.2, 0.25) is 0 Å². The fourth-order valence-electron chi connectivity index (χ4n) is 1.82. The molecule has 0 saturated carbocycles. The molecule has 0 aliphatic carbocycles. The van der Waals surface area contributed by atoms with Gasteiger partial charge in [-0.1, -0.05) is 18.2 Å². The van der Waals surface area contributed by atoms with Gasteiger partial charge in [-0.05, 0) is 42.8 Å². The van der Waals surface area contributed by atoms with Crippen molar-refractivity contribution in [3.63, 3.8) is 0 Å². The zero-order valence-corrected chi connectivity index (χ0v) is 12.5. The van der Waals surface area contributed by atoms with E-state index in [1.807, 2.05) is 54.6 Å². The van der Waals surface area contributed by atoms with E-state index in [1.54, 1.807) is 7.11 Å². The van der Waals surface area contributed by atoms with E-state index in [0.29, 0.717) is 19.4 Å². The predicted octanol–water partition coefficient (Wildman–Crippen LogP) is 3.00. The average molecular weight is 300 g/mol. The number of para-hydroxylation sites is 1. The highest BCUT2D eigenvalue weighted by molar-refractivity contribution is 5.77. The zero-order chi connectivity index (χ0) is 15.6. The Morgan fingerprint density at radius 1 is 1.00 bits per heavy atom. The Morgan fingerprint density at radius 2 is 1.68 bits per heavy atom. The number of anilines is 1. The second-order valence-electron chi connectivity index (χ2n) is 4.67. The minimum absolute atomic E-state index is 0.0674. The average Bonchev–Trinajstić information content (AvgIpc) is 2.58. The van der Waals surface area contributed by atoms with Gasteiger partial charge >= 0.3 is 0 Å². The smallest absolute Gasteiger partial charge is 0.238 e. The van der Waals surface area contributed by atoms with Gasteiger partial charge in [0.25, 0.3) is 0 Å². The number of hydrogen-bond donors (Lipinski definition) is 2. The van der Waals surface area contributed by atoms with Gasteiger partial charge in [-0.3, -0.25) is 15.6 Å². The summed E-state index contributed by atoms with van der Waals surface area (Å²) in [6.07, 6.45) is 1.05. The molecule has 0 aliphatic heterocycles. The van der Waals surface area contributed by atoms with Gasteiger partial charge in [0.2, 0.25) is 5.91 Å². The fraction of sp³-hybridized carbons (Fsp3) is 0.235. The molecule has 2 aromatic carbocycles.